The summed E-state index contributed by atoms with van der Waals surface area (Å²) in [4.78, 5) is 0. The number of ether oxygens (including phenoxy) is 2. The van der Waals surface area contributed by atoms with E-state index >= 15 is 0 Å². The van der Waals surface area contributed by atoms with Gasteiger partial charge in [-0.3, -0.25) is 0 Å². The molecule has 0 saturated carbocycles. The lowest BCUT2D eigenvalue weighted by Gasteiger charge is -2.30. The SMILES string of the molecule is CCC(OC)OC1CNC1. The van der Waals surface area contributed by atoms with Crippen LogP contribution in [-0.2, 0) is 9.47 Å². The average molecular weight is 145 g/mol. The molecule has 1 atom stereocenters. The molecule has 1 N–H and O–H groups in total. The maximum absolute atomic E-state index is 5.50. The second kappa shape index (κ2) is 3.91. The van der Waals surface area contributed by atoms with Gasteiger partial charge in [-0.25, -0.2) is 0 Å². The Morgan fingerprint density at radius 2 is 2.30 bits per heavy atom. The Morgan fingerprint density at radius 1 is 1.60 bits per heavy atom. The van der Waals surface area contributed by atoms with E-state index in [-0.39, 0.29) is 6.29 Å². The normalized spacial score (nSPS) is 22.2. The summed E-state index contributed by atoms with van der Waals surface area (Å²) in [7, 11) is 1.68. The predicted molar refractivity (Wildman–Crippen MR) is 38.8 cm³/mol. The van der Waals surface area contributed by atoms with E-state index in [4.69, 9.17) is 9.47 Å². The monoisotopic (exact) mass is 145 g/mol. The zero-order chi connectivity index (χ0) is 7.40. The summed E-state index contributed by atoms with van der Waals surface area (Å²) < 4.78 is 10.6. The predicted octanol–water partition coefficient (Wildman–Crippen LogP) is 0.357. The van der Waals surface area contributed by atoms with Gasteiger partial charge in [0.05, 0.1) is 6.10 Å². The molecule has 0 aliphatic carbocycles. The molecule has 0 bridgehead atoms. The van der Waals surface area contributed by atoms with Crippen molar-refractivity contribution < 1.29 is 9.47 Å². The van der Waals surface area contributed by atoms with Gasteiger partial charge in [0.25, 0.3) is 0 Å². The van der Waals surface area contributed by atoms with Crippen LogP contribution >= 0.6 is 0 Å². The van der Waals surface area contributed by atoms with Gasteiger partial charge in [0.1, 0.15) is 0 Å². The molecule has 60 valence electrons. The summed E-state index contributed by atoms with van der Waals surface area (Å²) in [6.07, 6.45) is 1.30. The van der Waals surface area contributed by atoms with Gasteiger partial charge in [-0.2, -0.15) is 0 Å². The third-order valence-electron chi connectivity index (χ3n) is 1.68. The van der Waals surface area contributed by atoms with Crippen molar-refractivity contribution in [3.05, 3.63) is 0 Å². The van der Waals surface area contributed by atoms with Crippen LogP contribution in [0.4, 0.5) is 0 Å². The molecular weight excluding hydrogens is 130 g/mol. The molecule has 1 saturated heterocycles. The molecule has 1 fully saturated rings. The zero-order valence-corrected chi connectivity index (χ0v) is 6.59. The molecule has 0 aromatic carbocycles. The quantitative estimate of drug-likeness (QED) is 0.579. The second-order valence-electron chi connectivity index (χ2n) is 2.49. The highest BCUT2D eigenvalue weighted by molar-refractivity contribution is 4.75. The Morgan fingerprint density at radius 3 is 2.60 bits per heavy atom. The number of rotatable bonds is 4. The third kappa shape index (κ3) is 1.94. The molecule has 1 rings (SSSR count). The van der Waals surface area contributed by atoms with Crippen LogP contribution in [0, 0.1) is 0 Å². The van der Waals surface area contributed by atoms with Gasteiger partial charge in [0, 0.05) is 20.2 Å². The van der Waals surface area contributed by atoms with Crippen molar-refractivity contribution >= 4 is 0 Å². The highest BCUT2D eigenvalue weighted by Crippen LogP contribution is 2.06. The summed E-state index contributed by atoms with van der Waals surface area (Å²) in [5.74, 6) is 0. The van der Waals surface area contributed by atoms with Crippen molar-refractivity contribution in [2.45, 2.75) is 25.7 Å². The molecule has 0 spiro atoms. The van der Waals surface area contributed by atoms with E-state index in [1.165, 1.54) is 0 Å². The van der Waals surface area contributed by atoms with Crippen molar-refractivity contribution in [1.29, 1.82) is 0 Å². The standard InChI is InChI=1S/C7H15NO2/c1-3-7(9-2)10-6-4-8-5-6/h6-8H,3-5H2,1-2H3. The van der Waals surface area contributed by atoms with Gasteiger partial charge in [0.15, 0.2) is 6.29 Å². The molecule has 10 heavy (non-hydrogen) atoms. The topological polar surface area (TPSA) is 30.5 Å². The summed E-state index contributed by atoms with van der Waals surface area (Å²) in [5.41, 5.74) is 0. The molecule has 1 aliphatic heterocycles. The molecule has 0 radical (unpaired) electrons. The van der Waals surface area contributed by atoms with Crippen LogP contribution in [0.15, 0.2) is 0 Å². The number of methoxy groups -OCH3 is 1. The number of hydrogen-bond acceptors (Lipinski definition) is 3. The van der Waals surface area contributed by atoms with Crippen molar-refractivity contribution in [2.24, 2.45) is 0 Å². The first-order chi connectivity index (χ1) is 4.86. The van der Waals surface area contributed by atoms with Crippen molar-refractivity contribution in [3.63, 3.8) is 0 Å². The summed E-state index contributed by atoms with van der Waals surface area (Å²) >= 11 is 0. The lowest BCUT2D eigenvalue weighted by Crippen LogP contribution is -2.50. The first kappa shape index (κ1) is 7.98. The summed E-state index contributed by atoms with van der Waals surface area (Å²) in [5, 5.41) is 3.13. The third-order valence-corrected chi connectivity index (χ3v) is 1.68. The molecule has 1 heterocycles. The van der Waals surface area contributed by atoms with Gasteiger partial charge < -0.3 is 14.8 Å². The maximum atomic E-state index is 5.50. The molecule has 3 nitrogen and oxygen atoms in total. The maximum Gasteiger partial charge on any atom is 0.157 e. The molecule has 1 aliphatic rings. The fraction of sp³-hybridized carbons (Fsp3) is 1.00. The molecule has 1 unspecified atom stereocenters. The Bertz CT molecular complexity index is 89.6. The highest BCUT2D eigenvalue weighted by atomic mass is 16.7. The van der Waals surface area contributed by atoms with Gasteiger partial charge >= 0.3 is 0 Å². The number of hydrogen-bond donors (Lipinski definition) is 1. The van der Waals surface area contributed by atoms with Gasteiger partial charge in [0.2, 0.25) is 0 Å². The van der Waals surface area contributed by atoms with Crippen LogP contribution < -0.4 is 5.32 Å². The lowest BCUT2D eigenvalue weighted by molar-refractivity contribution is -0.166. The molecular formula is C7H15NO2. The van der Waals surface area contributed by atoms with Crippen LogP contribution in [0.3, 0.4) is 0 Å². The lowest BCUT2D eigenvalue weighted by atomic mass is 10.2. The summed E-state index contributed by atoms with van der Waals surface area (Å²) in [6, 6.07) is 0. The first-order valence-electron chi connectivity index (χ1n) is 3.75. The van der Waals surface area contributed by atoms with Crippen LogP contribution in [0.25, 0.3) is 0 Å². The largest absolute Gasteiger partial charge is 0.356 e. The fourth-order valence-corrected chi connectivity index (χ4v) is 0.892. The number of nitrogens with one attached hydrogen (secondary N) is 1. The first-order valence-corrected chi connectivity index (χ1v) is 3.75. The van der Waals surface area contributed by atoms with Crippen LogP contribution in [0.1, 0.15) is 13.3 Å². The van der Waals surface area contributed by atoms with Crippen molar-refractivity contribution in [3.8, 4) is 0 Å². The van der Waals surface area contributed by atoms with E-state index in [0.717, 1.165) is 19.5 Å². The zero-order valence-electron chi connectivity index (χ0n) is 6.59. The van der Waals surface area contributed by atoms with Gasteiger partial charge in [-0.15, -0.1) is 0 Å². The summed E-state index contributed by atoms with van der Waals surface area (Å²) in [6.45, 7) is 4.00. The van der Waals surface area contributed by atoms with E-state index in [0.29, 0.717) is 6.10 Å². The van der Waals surface area contributed by atoms with E-state index in [1.807, 2.05) is 0 Å². The molecule has 0 amide bonds. The second-order valence-corrected chi connectivity index (χ2v) is 2.49. The van der Waals surface area contributed by atoms with E-state index in [9.17, 15) is 0 Å². The molecule has 3 heteroatoms. The minimum atomic E-state index is -0.00731. The molecule has 0 aromatic heterocycles. The smallest absolute Gasteiger partial charge is 0.157 e. The van der Waals surface area contributed by atoms with E-state index in [1.54, 1.807) is 7.11 Å². The minimum Gasteiger partial charge on any atom is -0.356 e. The van der Waals surface area contributed by atoms with Crippen LogP contribution in [0.2, 0.25) is 0 Å². The van der Waals surface area contributed by atoms with Gasteiger partial charge in [-0.05, 0) is 6.42 Å². The Kier molecular flexibility index (Phi) is 3.12. The van der Waals surface area contributed by atoms with Crippen molar-refractivity contribution in [1.82, 2.24) is 5.32 Å². The van der Waals surface area contributed by atoms with Crippen LogP contribution in [-0.4, -0.2) is 32.6 Å². The minimum absolute atomic E-state index is 0.00731. The van der Waals surface area contributed by atoms with E-state index in [2.05, 4.69) is 12.2 Å². The molecule has 0 aromatic rings. The Balaban J connectivity index is 2.08. The Labute approximate surface area is 61.7 Å². The Hall–Kier alpha value is -0.120. The van der Waals surface area contributed by atoms with Gasteiger partial charge in [-0.1, -0.05) is 6.92 Å². The van der Waals surface area contributed by atoms with Crippen molar-refractivity contribution in [2.75, 3.05) is 20.2 Å². The fourth-order valence-electron chi connectivity index (χ4n) is 0.892. The highest BCUT2D eigenvalue weighted by Gasteiger charge is 2.20. The average Bonchev–Trinajstić information content (AvgIpc) is 1.87. The van der Waals surface area contributed by atoms with Crippen LogP contribution in [0.5, 0.6) is 0 Å². The van der Waals surface area contributed by atoms with E-state index < -0.39 is 0 Å².